The molecule has 2 heterocycles. The minimum Gasteiger partial charge on any atom is -0.508 e. The second-order valence-electron chi connectivity index (χ2n) is 11.0. The lowest BCUT2D eigenvalue weighted by atomic mass is 9.78. The molecule has 0 bridgehead atoms. The Balaban J connectivity index is 1.37. The van der Waals surface area contributed by atoms with E-state index in [1.165, 1.54) is 37.3 Å². The number of amides is 3. The van der Waals surface area contributed by atoms with Crippen LogP contribution in [0, 0.1) is 0 Å². The van der Waals surface area contributed by atoms with E-state index in [0.717, 1.165) is 5.56 Å². The van der Waals surface area contributed by atoms with E-state index < -0.39 is 62.5 Å². The summed E-state index contributed by atoms with van der Waals surface area (Å²) in [6.07, 6.45) is -0.321. The van der Waals surface area contributed by atoms with Gasteiger partial charge >= 0.3 is 20.2 Å². The van der Waals surface area contributed by atoms with Crippen molar-refractivity contribution in [3.8, 4) is 5.75 Å². The first-order valence-corrected chi connectivity index (χ1v) is 14.2. The minimum atomic E-state index is -1.37. The van der Waals surface area contributed by atoms with Crippen LogP contribution in [0.1, 0.15) is 50.8 Å². The van der Waals surface area contributed by atoms with E-state index >= 15 is 0 Å². The molecule has 232 valence electrons. The number of hydrogen-bond acceptors (Lipinski definition) is 9. The first kappa shape index (κ1) is 31.7. The maximum Gasteiger partial charge on any atom is 0.491 e. The number of aromatic hydroxyl groups is 1. The highest BCUT2D eigenvalue weighted by Crippen LogP contribution is 2.15. The van der Waals surface area contributed by atoms with Gasteiger partial charge in [0.15, 0.2) is 0 Å². The lowest BCUT2D eigenvalue weighted by Gasteiger charge is -2.28. The molecule has 0 aliphatic carbocycles. The number of carboxylic acid groups (broad SMARTS) is 1. The Morgan fingerprint density at radius 2 is 1.33 bits per heavy atom. The van der Waals surface area contributed by atoms with Gasteiger partial charge in [-0.25, -0.2) is 0 Å². The number of fused-ring (bicyclic) bond motifs is 2. The van der Waals surface area contributed by atoms with Crippen LogP contribution in [0.25, 0.3) is 0 Å². The summed E-state index contributed by atoms with van der Waals surface area (Å²) >= 11 is 0. The molecule has 0 radical (unpaired) electrons. The molecule has 3 aromatic rings. The topological polar surface area (TPSA) is 204 Å². The highest BCUT2D eigenvalue weighted by atomic mass is 16.5. The van der Waals surface area contributed by atoms with Crippen LogP contribution in [0.3, 0.4) is 0 Å². The van der Waals surface area contributed by atoms with Gasteiger partial charge < -0.3 is 45.5 Å². The quantitative estimate of drug-likeness (QED) is 0.130. The molecule has 1 unspecified atom stereocenters. The summed E-state index contributed by atoms with van der Waals surface area (Å²) < 4.78 is 10.4. The third kappa shape index (κ3) is 7.52. The SMILES string of the molecule is C[C@H](NC(=O)c1ccc2c(c1)B(O)OC2)[C@H](NC(=O)c1ccc2c(c1)B(O)OC2)C(=O)NC(CC(=O)O)Cc1ccc(O)cc1. The van der Waals surface area contributed by atoms with Crippen LogP contribution >= 0.6 is 0 Å². The maximum atomic E-state index is 13.7. The van der Waals surface area contributed by atoms with Crippen molar-refractivity contribution in [2.45, 2.75) is 51.1 Å². The summed E-state index contributed by atoms with van der Waals surface area (Å²) in [7, 11) is -2.36. The van der Waals surface area contributed by atoms with Crippen molar-refractivity contribution in [2.24, 2.45) is 0 Å². The fourth-order valence-corrected chi connectivity index (χ4v) is 5.32. The van der Waals surface area contributed by atoms with Crippen LogP contribution in [0.15, 0.2) is 60.7 Å². The summed E-state index contributed by atoms with van der Waals surface area (Å²) in [5.41, 5.74) is 3.30. The van der Waals surface area contributed by atoms with E-state index in [9.17, 15) is 39.4 Å². The van der Waals surface area contributed by atoms with Gasteiger partial charge in [-0.15, -0.1) is 0 Å². The fourth-order valence-electron chi connectivity index (χ4n) is 5.32. The molecule has 0 fully saturated rings. The van der Waals surface area contributed by atoms with Crippen LogP contribution < -0.4 is 26.9 Å². The number of aliphatic carboxylic acids is 1. The zero-order valence-electron chi connectivity index (χ0n) is 24.2. The Bertz CT molecular complexity index is 1620. The van der Waals surface area contributed by atoms with Crippen molar-refractivity contribution in [3.05, 3.63) is 88.5 Å². The van der Waals surface area contributed by atoms with Crippen molar-refractivity contribution in [3.63, 3.8) is 0 Å². The second-order valence-corrected chi connectivity index (χ2v) is 11.0. The standard InChI is InChI=1S/C30H31B2N3O10/c1-16(33-28(39)18-4-6-20-14-44-31(42)24(20)11-18)27(35-29(40)19-5-7-21-15-45-32(43)25(21)12-19)30(41)34-22(13-26(37)38)10-17-2-8-23(36)9-3-17/h2-9,11-12,16,22,27,36,42-43H,10,13-15H2,1H3,(H,33,39)(H,34,41)(H,35,40)(H,37,38)/t16-,22?,27-/m0/s1. The monoisotopic (exact) mass is 615 g/mol. The van der Waals surface area contributed by atoms with Gasteiger partial charge in [-0.1, -0.05) is 24.3 Å². The van der Waals surface area contributed by atoms with Gasteiger partial charge in [0, 0.05) is 17.2 Å². The van der Waals surface area contributed by atoms with Crippen LogP contribution in [-0.2, 0) is 38.5 Å². The molecule has 3 atom stereocenters. The third-order valence-electron chi connectivity index (χ3n) is 7.76. The molecule has 2 aliphatic heterocycles. The lowest BCUT2D eigenvalue weighted by Crippen LogP contribution is -2.59. The van der Waals surface area contributed by atoms with E-state index in [0.29, 0.717) is 22.1 Å². The first-order chi connectivity index (χ1) is 21.5. The second kappa shape index (κ2) is 13.5. The van der Waals surface area contributed by atoms with E-state index in [1.807, 2.05) is 0 Å². The predicted octanol–water partition coefficient (Wildman–Crippen LogP) is -1.05. The lowest BCUT2D eigenvalue weighted by molar-refractivity contribution is -0.137. The molecule has 0 spiro atoms. The normalized spacial score (nSPS) is 15.4. The van der Waals surface area contributed by atoms with E-state index in [4.69, 9.17) is 9.31 Å². The van der Waals surface area contributed by atoms with Crippen molar-refractivity contribution < 1.29 is 48.7 Å². The van der Waals surface area contributed by atoms with Crippen LogP contribution in [0.2, 0.25) is 0 Å². The Kier molecular flexibility index (Phi) is 9.54. The van der Waals surface area contributed by atoms with Gasteiger partial charge in [-0.2, -0.15) is 0 Å². The molecule has 5 rings (SSSR count). The minimum absolute atomic E-state index is 0.0287. The molecule has 15 heteroatoms. The summed E-state index contributed by atoms with van der Waals surface area (Å²) in [5.74, 6) is -3.14. The summed E-state index contributed by atoms with van der Waals surface area (Å²) in [6.45, 7) is 1.90. The van der Waals surface area contributed by atoms with Gasteiger partial charge in [0.05, 0.1) is 25.7 Å². The number of benzene rings is 3. The third-order valence-corrected chi connectivity index (χ3v) is 7.76. The fraction of sp³-hybridized carbons (Fsp3) is 0.267. The summed E-state index contributed by atoms with van der Waals surface area (Å²) in [4.78, 5) is 52.0. The zero-order chi connectivity index (χ0) is 32.2. The molecule has 2 aliphatic rings. The van der Waals surface area contributed by atoms with Gasteiger partial charge in [0.25, 0.3) is 11.8 Å². The molecule has 45 heavy (non-hydrogen) atoms. The largest absolute Gasteiger partial charge is 0.508 e. The number of rotatable bonds is 11. The molecule has 0 saturated carbocycles. The Hall–Kier alpha value is -4.69. The summed E-state index contributed by atoms with van der Waals surface area (Å²) in [6, 6.07) is 12.1. The van der Waals surface area contributed by atoms with Crippen LogP contribution in [0.5, 0.6) is 5.75 Å². The van der Waals surface area contributed by atoms with Gasteiger partial charge in [0.1, 0.15) is 11.8 Å². The average Bonchev–Trinajstić information content (AvgIpc) is 3.57. The molecular weight excluding hydrogens is 584 g/mol. The average molecular weight is 615 g/mol. The number of nitrogens with one attached hydrogen (secondary N) is 3. The van der Waals surface area contributed by atoms with E-state index in [2.05, 4.69) is 16.0 Å². The maximum absolute atomic E-state index is 13.7. The molecule has 3 amide bonds. The van der Waals surface area contributed by atoms with Gasteiger partial charge in [-0.3, -0.25) is 19.2 Å². The van der Waals surface area contributed by atoms with Crippen molar-refractivity contribution >= 4 is 48.9 Å². The Labute approximate surface area is 258 Å². The Morgan fingerprint density at radius 1 is 0.800 bits per heavy atom. The van der Waals surface area contributed by atoms with Crippen molar-refractivity contribution in [1.29, 1.82) is 0 Å². The number of carbonyl (C=O) groups is 4. The smallest absolute Gasteiger partial charge is 0.491 e. The predicted molar refractivity (Wildman–Crippen MR) is 162 cm³/mol. The van der Waals surface area contributed by atoms with Crippen LogP contribution in [-0.4, -0.2) is 76.3 Å². The molecule has 13 nitrogen and oxygen atoms in total. The number of phenols is 1. The van der Waals surface area contributed by atoms with E-state index in [-0.39, 0.29) is 36.5 Å². The van der Waals surface area contributed by atoms with Crippen LogP contribution in [0.4, 0.5) is 0 Å². The molecule has 0 aromatic heterocycles. The Morgan fingerprint density at radius 3 is 1.87 bits per heavy atom. The highest BCUT2D eigenvalue weighted by Gasteiger charge is 2.33. The van der Waals surface area contributed by atoms with Crippen molar-refractivity contribution in [1.82, 2.24) is 16.0 Å². The number of carbonyl (C=O) groups excluding carboxylic acids is 3. The molecule has 0 saturated heterocycles. The van der Waals surface area contributed by atoms with Crippen molar-refractivity contribution in [2.75, 3.05) is 0 Å². The van der Waals surface area contributed by atoms with Gasteiger partial charge in [0.2, 0.25) is 5.91 Å². The summed E-state index contributed by atoms with van der Waals surface area (Å²) in [5, 5.41) is 47.3. The van der Waals surface area contributed by atoms with E-state index in [1.54, 1.807) is 30.3 Å². The molecular formula is C30H31B2N3O10. The number of hydrogen-bond donors (Lipinski definition) is 7. The first-order valence-electron chi connectivity index (χ1n) is 14.2. The zero-order valence-corrected chi connectivity index (χ0v) is 24.2. The highest BCUT2D eigenvalue weighted by molar-refractivity contribution is 6.62. The van der Waals surface area contributed by atoms with Gasteiger partial charge in [-0.05, 0) is 77.4 Å². The number of carboxylic acids is 1. The number of phenolic OH excluding ortho intramolecular Hbond substituents is 1. The molecule has 3 aromatic carbocycles. The molecule has 7 N–H and O–H groups in total.